The summed E-state index contributed by atoms with van der Waals surface area (Å²) in [6.45, 7) is 3.72. The van der Waals surface area contributed by atoms with E-state index in [1.165, 1.54) is 11.0 Å². The molecule has 0 bridgehead atoms. The predicted octanol–water partition coefficient (Wildman–Crippen LogP) is 1.93. The minimum atomic E-state index is -1.03. The largest absolute Gasteiger partial charge is 0.478 e. The Morgan fingerprint density at radius 1 is 1.40 bits per heavy atom. The summed E-state index contributed by atoms with van der Waals surface area (Å²) < 4.78 is 0. The minimum Gasteiger partial charge on any atom is -0.478 e. The van der Waals surface area contributed by atoms with Crippen molar-refractivity contribution < 1.29 is 19.8 Å². The number of anilines is 1. The maximum atomic E-state index is 11.9. The Balaban J connectivity index is 2.76. The molecule has 1 aromatic carbocycles. The maximum Gasteiger partial charge on any atom is 0.336 e. The van der Waals surface area contributed by atoms with Crippen LogP contribution in [0.2, 0.25) is 0 Å². The Bertz CT molecular complexity index is 500. The van der Waals surface area contributed by atoms with Gasteiger partial charge in [0.05, 0.1) is 11.7 Å². The fraction of sp³-hybridized carbons (Fsp3) is 0.429. The molecule has 0 aromatic heterocycles. The van der Waals surface area contributed by atoms with Crippen LogP contribution < -0.4 is 5.32 Å². The van der Waals surface area contributed by atoms with Crippen molar-refractivity contribution in [1.29, 1.82) is 0 Å². The number of nitrogens with one attached hydrogen (secondary N) is 1. The van der Waals surface area contributed by atoms with Crippen LogP contribution in [0.25, 0.3) is 0 Å². The molecular weight excluding hydrogens is 260 g/mol. The number of hydrogen-bond acceptors (Lipinski definition) is 3. The fourth-order valence-electron chi connectivity index (χ4n) is 1.70. The van der Waals surface area contributed by atoms with Crippen molar-refractivity contribution in [2.24, 2.45) is 0 Å². The highest BCUT2D eigenvalue weighted by Gasteiger charge is 2.14. The van der Waals surface area contributed by atoms with Gasteiger partial charge in [0.2, 0.25) is 0 Å². The molecule has 0 fully saturated rings. The van der Waals surface area contributed by atoms with Crippen LogP contribution >= 0.6 is 0 Å². The van der Waals surface area contributed by atoms with Crippen molar-refractivity contribution >= 4 is 17.7 Å². The zero-order valence-corrected chi connectivity index (χ0v) is 11.9. The van der Waals surface area contributed by atoms with Gasteiger partial charge in [0.25, 0.3) is 0 Å². The van der Waals surface area contributed by atoms with Gasteiger partial charge in [-0.15, -0.1) is 0 Å². The van der Waals surface area contributed by atoms with E-state index < -0.39 is 12.1 Å². The molecule has 1 atom stereocenters. The highest BCUT2D eigenvalue weighted by Crippen LogP contribution is 2.19. The molecule has 1 aromatic rings. The Labute approximate surface area is 118 Å². The molecular formula is C14H20N2O4. The SMILES string of the molecule is Cc1c(NC(=O)N(C)CCC(C)O)cccc1C(=O)O. The van der Waals surface area contributed by atoms with E-state index in [1.54, 1.807) is 33.0 Å². The van der Waals surface area contributed by atoms with Gasteiger partial charge < -0.3 is 20.4 Å². The molecule has 0 radical (unpaired) electrons. The third-order valence-electron chi connectivity index (χ3n) is 3.03. The quantitative estimate of drug-likeness (QED) is 0.768. The summed E-state index contributed by atoms with van der Waals surface area (Å²) in [6, 6.07) is 4.39. The molecule has 2 amide bonds. The van der Waals surface area contributed by atoms with Gasteiger partial charge in [-0.05, 0) is 38.0 Å². The first-order valence-electron chi connectivity index (χ1n) is 6.36. The second-order valence-electron chi connectivity index (χ2n) is 4.77. The molecule has 0 spiro atoms. The summed E-state index contributed by atoms with van der Waals surface area (Å²) in [5.74, 6) is -1.03. The summed E-state index contributed by atoms with van der Waals surface area (Å²) in [5, 5.41) is 20.9. The van der Waals surface area contributed by atoms with E-state index in [1.807, 2.05) is 0 Å². The summed E-state index contributed by atoms with van der Waals surface area (Å²) in [4.78, 5) is 24.4. The van der Waals surface area contributed by atoms with Gasteiger partial charge >= 0.3 is 12.0 Å². The second kappa shape index (κ2) is 6.91. The number of aromatic carboxylic acids is 1. The lowest BCUT2D eigenvalue weighted by Crippen LogP contribution is -2.33. The number of aliphatic hydroxyl groups is 1. The summed E-state index contributed by atoms with van der Waals surface area (Å²) in [7, 11) is 1.62. The van der Waals surface area contributed by atoms with Gasteiger partial charge in [-0.2, -0.15) is 0 Å². The Morgan fingerprint density at radius 3 is 2.60 bits per heavy atom. The van der Waals surface area contributed by atoms with E-state index in [9.17, 15) is 14.7 Å². The van der Waals surface area contributed by atoms with Gasteiger partial charge in [-0.3, -0.25) is 0 Å². The number of carboxylic acid groups (broad SMARTS) is 1. The number of aliphatic hydroxyl groups excluding tert-OH is 1. The Hall–Kier alpha value is -2.08. The van der Waals surface area contributed by atoms with Gasteiger partial charge in [-0.1, -0.05) is 6.07 Å². The van der Waals surface area contributed by atoms with Crippen molar-refractivity contribution in [3.63, 3.8) is 0 Å². The summed E-state index contributed by atoms with van der Waals surface area (Å²) in [6.07, 6.45) is 0.0141. The number of rotatable bonds is 5. The number of carbonyl (C=O) groups is 2. The predicted molar refractivity (Wildman–Crippen MR) is 76.1 cm³/mol. The minimum absolute atomic E-state index is 0.162. The number of carboxylic acids is 1. The molecule has 0 aliphatic carbocycles. The molecule has 0 aliphatic heterocycles. The molecule has 1 unspecified atom stereocenters. The fourth-order valence-corrected chi connectivity index (χ4v) is 1.70. The van der Waals surface area contributed by atoms with Crippen molar-refractivity contribution in [2.45, 2.75) is 26.4 Å². The highest BCUT2D eigenvalue weighted by molar-refractivity contribution is 5.95. The van der Waals surface area contributed by atoms with Crippen LogP contribution in [0.4, 0.5) is 10.5 Å². The van der Waals surface area contributed by atoms with Crippen LogP contribution in [-0.2, 0) is 0 Å². The number of hydrogen-bond donors (Lipinski definition) is 3. The second-order valence-corrected chi connectivity index (χ2v) is 4.77. The molecule has 110 valence electrons. The van der Waals surface area contributed by atoms with E-state index in [4.69, 9.17) is 5.11 Å². The first-order chi connectivity index (χ1) is 9.32. The zero-order chi connectivity index (χ0) is 15.3. The van der Waals surface area contributed by atoms with Crippen LogP contribution in [-0.4, -0.2) is 46.8 Å². The van der Waals surface area contributed by atoms with Gasteiger partial charge in [0, 0.05) is 19.3 Å². The third-order valence-corrected chi connectivity index (χ3v) is 3.03. The first kappa shape index (κ1) is 16.0. The smallest absolute Gasteiger partial charge is 0.336 e. The van der Waals surface area contributed by atoms with E-state index in [0.717, 1.165) is 0 Å². The van der Waals surface area contributed by atoms with Crippen LogP contribution in [0, 0.1) is 6.92 Å². The van der Waals surface area contributed by atoms with Crippen molar-refractivity contribution in [2.75, 3.05) is 18.9 Å². The summed E-state index contributed by atoms with van der Waals surface area (Å²) in [5.41, 5.74) is 1.14. The third kappa shape index (κ3) is 4.24. The number of urea groups is 1. The molecule has 0 heterocycles. The monoisotopic (exact) mass is 280 g/mol. The van der Waals surface area contributed by atoms with Crippen LogP contribution in [0.5, 0.6) is 0 Å². The lowest BCUT2D eigenvalue weighted by atomic mass is 10.1. The van der Waals surface area contributed by atoms with Gasteiger partial charge in [0.1, 0.15) is 0 Å². The van der Waals surface area contributed by atoms with E-state index in [-0.39, 0.29) is 11.6 Å². The van der Waals surface area contributed by atoms with Crippen LogP contribution in [0.15, 0.2) is 18.2 Å². The van der Waals surface area contributed by atoms with E-state index in [2.05, 4.69) is 5.32 Å². The molecule has 1 rings (SSSR count). The molecule has 3 N–H and O–H groups in total. The average molecular weight is 280 g/mol. The summed E-state index contributed by atoms with van der Waals surface area (Å²) >= 11 is 0. The van der Waals surface area contributed by atoms with Crippen molar-refractivity contribution in [3.05, 3.63) is 29.3 Å². The number of carbonyl (C=O) groups excluding carboxylic acids is 1. The van der Waals surface area contributed by atoms with Crippen molar-refractivity contribution in [1.82, 2.24) is 4.90 Å². The lowest BCUT2D eigenvalue weighted by molar-refractivity contribution is 0.0696. The van der Waals surface area contributed by atoms with E-state index >= 15 is 0 Å². The van der Waals surface area contributed by atoms with E-state index in [0.29, 0.717) is 24.2 Å². The van der Waals surface area contributed by atoms with Crippen LogP contribution in [0.1, 0.15) is 29.3 Å². The number of nitrogens with zero attached hydrogens (tertiary/aromatic N) is 1. The Morgan fingerprint density at radius 2 is 2.05 bits per heavy atom. The number of amides is 2. The molecule has 20 heavy (non-hydrogen) atoms. The lowest BCUT2D eigenvalue weighted by Gasteiger charge is -2.19. The maximum absolute atomic E-state index is 11.9. The average Bonchev–Trinajstić information content (AvgIpc) is 2.37. The molecule has 0 saturated heterocycles. The van der Waals surface area contributed by atoms with Gasteiger partial charge in [-0.25, -0.2) is 9.59 Å². The van der Waals surface area contributed by atoms with Crippen molar-refractivity contribution in [3.8, 4) is 0 Å². The van der Waals surface area contributed by atoms with Crippen LogP contribution in [0.3, 0.4) is 0 Å². The topological polar surface area (TPSA) is 89.9 Å². The molecule has 0 aliphatic rings. The molecule has 6 heteroatoms. The van der Waals surface area contributed by atoms with Gasteiger partial charge in [0.15, 0.2) is 0 Å². The normalized spacial score (nSPS) is 11.8. The molecule has 0 saturated carbocycles. The first-order valence-corrected chi connectivity index (χ1v) is 6.36. The standard InChI is InChI=1S/C14H20N2O4/c1-9(17)7-8-16(3)14(20)15-12-6-4-5-11(10(12)2)13(18)19/h4-6,9,17H,7-8H2,1-3H3,(H,15,20)(H,18,19). The zero-order valence-electron chi connectivity index (χ0n) is 11.9. The molecule has 6 nitrogen and oxygen atoms in total. The Kier molecular flexibility index (Phi) is 5.52. The number of benzene rings is 1. The highest BCUT2D eigenvalue weighted by atomic mass is 16.4.